The predicted octanol–water partition coefficient (Wildman–Crippen LogP) is 2.05. The Hall–Kier alpha value is -1.51. The number of aromatic hydroxyl groups is 1. The third-order valence-corrected chi connectivity index (χ3v) is 2.06. The number of nitrogens with one attached hydrogen (secondary N) is 1. The molecule has 0 aliphatic carbocycles. The molecule has 0 unspecified atom stereocenters. The van der Waals surface area contributed by atoms with Crippen molar-refractivity contribution in [3.8, 4) is 5.75 Å². The van der Waals surface area contributed by atoms with Gasteiger partial charge in [0.05, 0.1) is 0 Å². The fourth-order valence-corrected chi connectivity index (χ4v) is 1.30. The summed E-state index contributed by atoms with van der Waals surface area (Å²) in [7, 11) is 0. The summed E-state index contributed by atoms with van der Waals surface area (Å²) in [5, 5.41) is 12.2. The van der Waals surface area contributed by atoms with Gasteiger partial charge >= 0.3 is 0 Å². The number of hydrogen-bond acceptors (Lipinski definition) is 2. The zero-order valence-corrected chi connectivity index (χ0v) is 9.16. The summed E-state index contributed by atoms with van der Waals surface area (Å²) in [5.74, 6) is 0.602. The summed E-state index contributed by atoms with van der Waals surface area (Å²) in [5.41, 5.74) is 0.745. The summed E-state index contributed by atoms with van der Waals surface area (Å²) < 4.78 is 0. The molecule has 0 fully saturated rings. The zero-order chi connectivity index (χ0) is 11.3. The van der Waals surface area contributed by atoms with Gasteiger partial charge in [0.25, 0.3) is 0 Å². The van der Waals surface area contributed by atoms with Gasteiger partial charge in [0, 0.05) is 18.5 Å². The third-order valence-electron chi connectivity index (χ3n) is 2.06. The molecule has 0 radical (unpaired) electrons. The Morgan fingerprint density at radius 3 is 2.67 bits per heavy atom. The lowest BCUT2D eigenvalue weighted by Gasteiger charge is -2.08. The first-order chi connectivity index (χ1) is 7.09. The molecule has 0 aromatic heterocycles. The van der Waals surface area contributed by atoms with Crippen LogP contribution in [0, 0.1) is 5.92 Å². The van der Waals surface area contributed by atoms with Gasteiger partial charge in [0.2, 0.25) is 5.91 Å². The van der Waals surface area contributed by atoms with Crippen molar-refractivity contribution in [2.45, 2.75) is 26.8 Å². The molecule has 0 aliphatic rings. The normalized spacial score (nSPS) is 10.3. The lowest BCUT2D eigenvalue weighted by molar-refractivity contribution is -0.121. The lowest BCUT2D eigenvalue weighted by Crippen LogP contribution is -2.23. The first kappa shape index (κ1) is 11.6. The second-order valence-corrected chi connectivity index (χ2v) is 4.00. The number of phenols is 1. The van der Waals surface area contributed by atoms with Gasteiger partial charge in [0.15, 0.2) is 0 Å². The van der Waals surface area contributed by atoms with Crippen LogP contribution < -0.4 is 5.32 Å². The van der Waals surface area contributed by atoms with Crippen molar-refractivity contribution in [3.63, 3.8) is 0 Å². The summed E-state index contributed by atoms with van der Waals surface area (Å²) in [6.07, 6.45) is 0.521. The topological polar surface area (TPSA) is 49.3 Å². The van der Waals surface area contributed by atoms with Gasteiger partial charge in [0.1, 0.15) is 5.75 Å². The molecule has 1 aromatic carbocycles. The molecule has 0 saturated carbocycles. The Kier molecular flexibility index (Phi) is 4.16. The van der Waals surface area contributed by atoms with Crippen LogP contribution in [0.4, 0.5) is 0 Å². The first-order valence-electron chi connectivity index (χ1n) is 5.13. The Bertz CT molecular complexity index is 334. The van der Waals surface area contributed by atoms with Crippen molar-refractivity contribution in [2.24, 2.45) is 5.92 Å². The highest BCUT2D eigenvalue weighted by Gasteiger charge is 2.05. The van der Waals surface area contributed by atoms with Gasteiger partial charge in [-0.15, -0.1) is 0 Å². The van der Waals surface area contributed by atoms with Gasteiger partial charge in [-0.05, 0) is 12.0 Å². The Morgan fingerprint density at radius 1 is 1.40 bits per heavy atom. The molecule has 82 valence electrons. The standard InChI is InChI=1S/C12H17NO2/c1-9(2)7-12(15)13-8-10-5-3-4-6-11(10)14/h3-6,9,14H,7-8H2,1-2H3,(H,13,15). The van der Waals surface area contributed by atoms with Crippen LogP contribution in [0.1, 0.15) is 25.8 Å². The molecule has 15 heavy (non-hydrogen) atoms. The van der Waals surface area contributed by atoms with Crippen molar-refractivity contribution < 1.29 is 9.90 Å². The number of amides is 1. The summed E-state index contributed by atoms with van der Waals surface area (Å²) in [6, 6.07) is 7.01. The van der Waals surface area contributed by atoms with Crippen LogP contribution in [0.15, 0.2) is 24.3 Å². The minimum Gasteiger partial charge on any atom is -0.508 e. The molecule has 0 heterocycles. The molecular formula is C12H17NO2. The highest BCUT2D eigenvalue weighted by atomic mass is 16.3. The average Bonchev–Trinajstić information content (AvgIpc) is 2.15. The maximum absolute atomic E-state index is 11.3. The van der Waals surface area contributed by atoms with E-state index in [4.69, 9.17) is 0 Å². The minimum atomic E-state index is 0.0215. The van der Waals surface area contributed by atoms with Crippen LogP contribution in [0.2, 0.25) is 0 Å². The Balaban J connectivity index is 2.44. The van der Waals surface area contributed by atoms with Gasteiger partial charge < -0.3 is 10.4 Å². The van der Waals surface area contributed by atoms with Crippen LogP contribution in [0.3, 0.4) is 0 Å². The fourth-order valence-electron chi connectivity index (χ4n) is 1.30. The largest absolute Gasteiger partial charge is 0.508 e. The Labute approximate surface area is 90.1 Å². The van der Waals surface area contributed by atoms with Gasteiger partial charge in [-0.1, -0.05) is 32.0 Å². The van der Waals surface area contributed by atoms with Crippen LogP contribution in [0.25, 0.3) is 0 Å². The number of hydrogen-bond donors (Lipinski definition) is 2. The molecule has 0 aliphatic heterocycles. The zero-order valence-electron chi connectivity index (χ0n) is 9.16. The van der Waals surface area contributed by atoms with E-state index in [-0.39, 0.29) is 11.7 Å². The van der Waals surface area contributed by atoms with E-state index in [2.05, 4.69) is 5.32 Å². The number of carbonyl (C=O) groups is 1. The molecule has 0 spiro atoms. The second kappa shape index (κ2) is 5.39. The van der Waals surface area contributed by atoms with E-state index in [1.165, 1.54) is 0 Å². The molecule has 2 N–H and O–H groups in total. The quantitative estimate of drug-likeness (QED) is 0.794. The predicted molar refractivity (Wildman–Crippen MR) is 59.4 cm³/mol. The molecule has 0 bridgehead atoms. The molecule has 1 rings (SSSR count). The number of rotatable bonds is 4. The SMILES string of the molecule is CC(C)CC(=O)NCc1ccccc1O. The first-order valence-corrected chi connectivity index (χ1v) is 5.13. The van der Waals surface area contributed by atoms with Crippen LogP contribution in [-0.2, 0) is 11.3 Å². The number of phenolic OH excluding ortho intramolecular Hbond substituents is 1. The molecule has 3 nitrogen and oxygen atoms in total. The van der Waals surface area contributed by atoms with Gasteiger partial charge in [-0.2, -0.15) is 0 Å². The van der Waals surface area contributed by atoms with Crippen LogP contribution in [-0.4, -0.2) is 11.0 Å². The number of benzene rings is 1. The molecule has 0 atom stereocenters. The second-order valence-electron chi connectivity index (χ2n) is 4.00. The Morgan fingerprint density at radius 2 is 2.07 bits per heavy atom. The molecule has 1 aromatic rings. The van der Waals surface area contributed by atoms with Crippen molar-refractivity contribution >= 4 is 5.91 Å². The van der Waals surface area contributed by atoms with Crippen molar-refractivity contribution in [1.29, 1.82) is 0 Å². The van der Waals surface area contributed by atoms with Gasteiger partial charge in [-0.3, -0.25) is 4.79 Å². The van der Waals surface area contributed by atoms with E-state index >= 15 is 0 Å². The molecule has 1 amide bonds. The van der Waals surface area contributed by atoms with Crippen molar-refractivity contribution in [1.82, 2.24) is 5.32 Å². The van der Waals surface area contributed by atoms with Crippen LogP contribution in [0.5, 0.6) is 5.75 Å². The average molecular weight is 207 g/mol. The van der Waals surface area contributed by atoms with Gasteiger partial charge in [-0.25, -0.2) is 0 Å². The smallest absolute Gasteiger partial charge is 0.220 e. The van der Waals surface area contributed by atoms with Crippen molar-refractivity contribution in [3.05, 3.63) is 29.8 Å². The number of carbonyl (C=O) groups excluding carboxylic acids is 1. The van der Waals surface area contributed by atoms with E-state index < -0.39 is 0 Å². The van der Waals surface area contributed by atoms with E-state index in [9.17, 15) is 9.90 Å². The maximum Gasteiger partial charge on any atom is 0.220 e. The summed E-state index contributed by atoms with van der Waals surface area (Å²) >= 11 is 0. The lowest BCUT2D eigenvalue weighted by atomic mass is 10.1. The molecular weight excluding hydrogens is 190 g/mol. The van der Waals surface area contributed by atoms with E-state index in [0.29, 0.717) is 18.9 Å². The highest BCUT2D eigenvalue weighted by Crippen LogP contribution is 2.14. The monoisotopic (exact) mass is 207 g/mol. The summed E-state index contributed by atoms with van der Waals surface area (Å²) in [6.45, 7) is 4.39. The minimum absolute atomic E-state index is 0.0215. The number of para-hydroxylation sites is 1. The van der Waals surface area contributed by atoms with E-state index in [1.807, 2.05) is 19.9 Å². The van der Waals surface area contributed by atoms with Crippen molar-refractivity contribution in [2.75, 3.05) is 0 Å². The summed E-state index contributed by atoms with van der Waals surface area (Å²) in [4.78, 5) is 11.3. The highest BCUT2D eigenvalue weighted by molar-refractivity contribution is 5.76. The maximum atomic E-state index is 11.3. The fraction of sp³-hybridized carbons (Fsp3) is 0.417. The third kappa shape index (κ3) is 4.02. The van der Waals surface area contributed by atoms with E-state index in [0.717, 1.165) is 5.56 Å². The molecule has 0 saturated heterocycles. The van der Waals surface area contributed by atoms with E-state index in [1.54, 1.807) is 18.2 Å². The molecule has 3 heteroatoms. The van der Waals surface area contributed by atoms with Crippen LogP contribution >= 0.6 is 0 Å².